The molecule has 146 valence electrons. The number of hydrogen-bond acceptors (Lipinski definition) is 6. The van der Waals surface area contributed by atoms with Crippen LogP contribution in [0.15, 0.2) is 24.4 Å². The number of ether oxygens (including phenoxy) is 2. The number of piperidine rings is 1. The molecule has 7 nitrogen and oxygen atoms in total. The van der Waals surface area contributed by atoms with Crippen LogP contribution in [0, 0.1) is 17.2 Å². The predicted molar refractivity (Wildman–Crippen MR) is 105 cm³/mol. The lowest BCUT2D eigenvalue weighted by Crippen LogP contribution is -2.47. The zero-order chi connectivity index (χ0) is 19.5. The van der Waals surface area contributed by atoms with Crippen molar-refractivity contribution in [3.8, 4) is 11.8 Å². The van der Waals surface area contributed by atoms with E-state index in [9.17, 15) is 10.1 Å². The van der Waals surface area contributed by atoms with Crippen LogP contribution in [-0.4, -0.2) is 62.3 Å². The molecule has 3 heterocycles. The summed E-state index contributed by atoms with van der Waals surface area (Å²) in [6.45, 7) is 4.11. The van der Waals surface area contributed by atoms with E-state index in [4.69, 9.17) is 9.47 Å². The Balaban J connectivity index is 1.56. The van der Waals surface area contributed by atoms with Gasteiger partial charge in [0, 0.05) is 43.7 Å². The normalized spacial score (nSPS) is 18.1. The van der Waals surface area contributed by atoms with Crippen molar-refractivity contribution in [1.29, 1.82) is 5.26 Å². The summed E-state index contributed by atoms with van der Waals surface area (Å²) in [5.41, 5.74) is 2.28. The van der Waals surface area contributed by atoms with Crippen LogP contribution in [0.5, 0.6) is 5.75 Å². The van der Waals surface area contributed by atoms with Crippen molar-refractivity contribution in [3.05, 3.63) is 30.0 Å². The number of nitrogens with zero attached hydrogens (tertiary/aromatic N) is 4. The van der Waals surface area contributed by atoms with Crippen LogP contribution in [0.3, 0.4) is 0 Å². The number of fused-ring (bicyclic) bond motifs is 1. The van der Waals surface area contributed by atoms with Gasteiger partial charge in [0.1, 0.15) is 11.8 Å². The highest BCUT2D eigenvalue weighted by atomic mass is 16.5. The van der Waals surface area contributed by atoms with E-state index in [0.29, 0.717) is 31.9 Å². The molecule has 2 fully saturated rings. The van der Waals surface area contributed by atoms with Gasteiger partial charge >= 0.3 is 0 Å². The van der Waals surface area contributed by atoms with E-state index in [1.54, 1.807) is 13.3 Å². The molecule has 0 N–H and O–H groups in total. The molecule has 2 aliphatic heterocycles. The molecule has 2 saturated heterocycles. The maximum Gasteiger partial charge on any atom is 0.225 e. The maximum atomic E-state index is 12.8. The molecule has 2 aliphatic rings. The van der Waals surface area contributed by atoms with Crippen LogP contribution >= 0.6 is 0 Å². The first-order valence-corrected chi connectivity index (χ1v) is 9.69. The number of anilines is 1. The predicted octanol–water partition coefficient (Wildman–Crippen LogP) is 2.19. The lowest BCUT2D eigenvalue weighted by Gasteiger charge is -2.37. The van der Waals surface area contributed by atoms with E-state index < -0.39 is 0 Å². The molecule has 0 unspecified atom stereocenters. The summed E-state index contributed by atoms with van der Waals surface area (Å²) < 4.78 is 10.7. The van der Waals surface area contributed by atoms with Crippen molar-refractivity contribution in [2.45, 2.75) is 12.8 Å². The Morgan fingerprint density at radius 3 is 2.68 bits per heavy atom. The Morgan fingerprint density at radius 1 is 1.25 bits per heavy atom. The number of hydrogen-bond donors (Lipinski definition) is 0. The van der Waals surface area contributed by atoms with Gasteiger partial charge in [-0.15, -0.1) is 0 Å². The third kappa shape index (κ3) is 3.48. The minimum atomic E-state index is 0.0440. The lowest BCUT2D eigenvalue weighted by atomic mass is 9.94. The van der Waals surface area contributed by atoms with Crippen LogP contribution < -0.4 is 9.64 Å². The molecule has 7 heteroatoms. The average molecular weight is 380 g/mol. The Bertz CT molecular complexity index is 910. The van der Waals surface area contributed by atoms with E-state index in [-0.39, 0.29) is 11.8 Å². The first kappa shape index (κ1) is 18.5. The summed E-state index contributed by atoms with van der Waals surface area (Å²) in [4.78, 5) is 21.3. The van der Waals surface area contributed by atoms with Gasteiger partial charge in [-0.25, -0.2) is 0 Å². The summed E-state index contributed by atoms with van der Waals surface area (Å²) in [6.07, 6.45) is 3.21. The molecule has 0 saturated carbocycles. The molecule has 0 atom stereocenters. The van der Waals surface area contributed by atoms with Gasteiger partial charge in [0.15, 0.2) is 0 Å². The van der Waals surface area contributed by atoms with Gasteiger partial charge in [0.05, 0.1) is 37.1 Å². The molecule has 2 aromatic rings. The zero-order valence-electron chi connectivity index (χ0n) is 16.1. The van der Waals surface area contributed by atoms with Crippen LogP contribution in [0.25, 0.3) is 10.9 Å². The number of pyridine rings is 1. The lowest BCUT2D eigenvalue weighted by molar-refractivity contribution is -0.140. The maximum absolute atomic E-state index is 12.8. The Morgan fingerprint density at radius 2 is 2.00 bits per heavy atom. The number of aromatic nitrogens is 1. The van der Waals surface area contributed by atoms with Crippen LogP contribution in [-0.2, 0) is 9.53 Å². The summed E-state index contributed by atoms with van der Waals surface area (Å²) in [5.74, 6) is 1.02. The van der Waals surface area contributed by atoms with Crippen LogP contribution in [0.2, 0.25) is 0 Å². The SMILES string of the molecule is COc1ccc2ncc(C#N)c(N3CCC(C(=O)N4CCOCC4)CC3)c2c1. The second-order valence-corrected chi connectivity index (χ2v) is 7.21. The fraction of sp³-hybridized carbons (Fsp3) is 0.476. The van der Waals surface area contributed by atoms with Gasteiger partial charge in [-0.3, -0.25) is 9.78 Å². The standard InChI is InChI=1S/C21H24N4O3/c1-27-17-2-3-19-18(12-17)20(16(13-22)14-23-19)24-6-4-15(5-7-24)21(26)25-8-10-28-11-9-25/h2-3,12,14-15H,4-11H2,1H3. The van der Waals surface area contributed by atoms with E-state index in [2.05, 4.69) is 16.0 Å². The molecule has 28 heavy (non-hydrogen) atoms. The second-order valence-electron chi connectivity index (χ2n) is 7.21. The van der Waals surface area contributed by atoms with E-state index in [1.807, 2.05) is 23.1 Å². The molecule has 4 rings (SSSR count). The van der Waals surface area contributed by atoms with E-state index in [1.165, 1.54) is 0 Å². The molecule has 0 spiro atoms. The smallest absolute Gasteiger partial charge is 0.225 e. The minimum Gasteiger partial charge on any atom is -0.497 e. The first-order chi connectivity index (χ1) is 13.7. The van der Waals surface area contributed by atoms with Crippen LogP contribution in [0.4, 0.5) is 5.69 Å². The molecule has 1 amide bonds. The number of amides is 1. The van der Waals surface area contributed by atoms with Gasteiger partial charge in [0.25, 0.3) is 0 Å². The fourth-order valence-electron chi connectivity index (χ4n) is 4.10. The summed E-state index contributed by atoms with van der Waals surface area (Å²) in [5, 5.41) is 10.5. The molecular formula is C21H24N4O3. The molecule has 0 aliphatic carbocycles. The third-order valence-corrected chi connectivity index (χ3v) is 5.65. The molecular weight excluding hydrogens is 356 g/mol. The van der Waals surface area contributed by atoms with E-state index in [0.717, 1.165) is 48.3 Å². The fourth-order valence-corrected chi connectivity index (χ4v) is 4.10. The Kier molecular flexibility index (Phi) is 5.31. The largest absolute Gasteiger partial charge is 0.497 e. The number of carbonyl (C=O) groups is 1. The number of morpholine rings is 1. The third-order valence-electron chi connectivity index (χ3n) is 5.65. The molecule has 0 bridgehead atoms. The highest BCUT2D eigenvalue weighted by Gasteiger charge is 2.30. The average Bonchev–Trinajstić information content (AvgIpc) is 2.78. The highest BCUT2D eigenvalue weighted by Crippen LogP contribution is 2.34. The number of benzene rings is 1. The number of nitriles is 1. The minimum absolute atomic E-state index is 0.0440. The Labute approximate surface area is 164 Å². The van der Waals surface area contributed by atoms with Crippen molar-refractivity contribution in [3.63, 3.8) is 0 Å². The van der Waals surface area contributed by atoms with Gasteiger partial charge in [-0.2, -0.15) is 5.26 Å². The van der Waals surface area contributed by atoms with Crippen LogP contribution in [0.1, 0.15) is 18.4 Å². The van der Waals surface area contributed by atoms with Gasteiger partial charge in [0.2, 0.25) is 5.91 Å². The molecule has 1 aromatic heterocycles. The second kappa shape index (κ2) is 8.03. The van der Waals surface area contributed by atoms with Gasteiger partial charge in [-0.1, -0.05) is 0 Å². The number of carbonyl (C=O) groups excluding carboxylic acids is 1. The topological polar surface area (TPSA) is 78.7 Å². The van der Waals surface area contributed by atoms with Crippen molar-refractivity contribution >= 4 is 22.5 Å². The van der Waals surface area contributed by atoms with Crippen molar-refractivity contribution in [2.75, 3.05) is 51.4 Å². The Hall–Kier alpha value is -2.85. The van der Waals surface area contributed by atoms with Crippen molar-refractivity contribution < 1.29 is 14.3 Å². The molecule has 1 aromatic carbocycles. The number of methoxy groups -OCH3 is 1. The van der Waals surface area contributed by atoms with Gasteiger partial charge in [-0.05, 0) is 31.0 Å². The van der Waals surface area contributed by atoms with E-state index >= 15 is 0 Å². The van der Waals surface area contributed by atoms with Gasteiger partial charge < -0.3 is 19.3 Å². The van der Waals surface area contributed by atoms with Crippen molar-refractivity contribution in [2.24, 2.45) is 5.92 Å². The summed E-state index contributed by atoms with van der Waals surface area (Å²) in [7, 11) is 1.63. The summed E-state index contributed by atoms with van der Waals surface area (Å²) in [6, 6.07) is 7.99. The number of rotatable bonds is 3. The summed E-state index contributed by atoms with van der Waals surface area (Å²) >= 11 is 0. The first-order valence-electron chi connectivity index (χ1n) is 9.69. The van der Waals surface area contributed by atoms with Crippen molar-refractivity contribution in [1.82, 2.24) is 9.88 Å². The highest BCUT2D eigenvalue weighted by molar-refractivity contribution is 5.95. The quantitative estimate of drug-likeness (QED) is 0.812. The monoisotopic (exact) mass is 380 g/mol. The zero-order valence-corrected chi connectivity index (χ0v) is 16.1. The molecule has 0 radical (unpaired) electrons.